The molecule has 0 aromatic carbocycles. The molecule has 1 aliphatic heterocycles. The number of aryl methyl sites for hydroxylation is 1. The highest BCUT2D eigenvalue weighted by atomic mass is 15.3. The first kappa shape index (κ1) is 13.9. The summed E-state index contributed by atoms with van der Waals surface area (Å²) in [7, 11) is 0. The van der Waals surface area contributed by atoms with E-state index in [1.54, 1.807) is 19.0 Å². The van der Waals surface area contributed by atoms with Gasteiger partial charge in [-0.1, -0.05) is 6.92 Å². The normalized spacial score (nSPS) is 15.3. The zero-order valence-corrected chi connectivity index (χ0v) is 13.0. The number of hydrogen-bond donors (Lipinski definition) is 1. The van der Waals surface area contributed by atoms with Crippen molar-refractivity contribution in [3.8, 4) is 0 Å². The van der Waals surface area contributed by atoms with Crippen LogP contribution in [0, 0.1) is 0 Å². The maximum absolute atomic E-state index is 4.43. The number of fused-ring (bicyclic) bond motifs is 1. The van der Waals surface area contributed by atoms with Gasteiger partial charge in [0.2, 0.25) is 0 Å². The van der Waals surface area contributed by atoms with Crippen LogP contribution in [-0.4, -0.2) is 56.1 Å². The molecule has 0 spiro atoms. The molecule has 23 heavy (non-hydrogen) atoms. The minimum Gasteiger partial charge on any atom is -0.353 e. The molecule has 0 unspecified atom stereocenters. The number of hydrogen-bond acceptors (Lipinski definition) is 7. The molecule has 3 aromatic rings. The summed E-state index contributed by atoms with van der Waals surface area (Å²) in [6.45, 7) is 5.68. The fraction of sp³-hybridized carbons (Fsp3) is 0.400. The standard InChI is InChI=1S/C15H18N8/c1-2-11-7-12(17-8-16-11)22-3-5-23(6-4-22)15-13-14(19-9-18-13)20-10-21-15/h7-10H,2-6H2,1H3,(H,18,19,20,21). The van der Waals surface area contributed by atoms with Crippen molar-refractivity contribution in [2.24, 2.45) is 0 Å². The molecule has 0 bridgehead atoms. The van der Waals surface area contributed by atoms with Crippen LogP contribution < -0.4 is 9.80 Å². The number of nitrogens with zero attached hydrogens (tertiary/aromatic N) is 7. The quantitative estimate of drug-likeness (QED) is 0.773. The van der Waals surface area contributed by atoms with E-state index in [2.05, 4.69) is 52.7 Å². The van der Waals surface area contributed by atoms with Gasteiger partial charge in [0, 0.05) is 37.9 Å². The van der Waals surface area contributed by atoms with Crippen LogP contribution in [0.4, 0.5) is 11.6 Å². The van der Waals surface area contributed by atoms with Gasteiger partial charge in [0.15, 0.2) is 11.5 Å². The van der Waals surface area contributed by atoms with E-state index < -0.39 is 0 Å². The number of rotatable bonds is 3. The van der Waals surface area contributed by atoms with Crippen LogP contribution >= 0.6 is 0 Å². The van der Waals surface area contributed by atoms with Gasteiger partial charge >= 0.3 is 0 Å². The molecule has 1 saturated heterocycles. The molecule has 4 rings (SSSR count). The molecule has 8 nitrogen and oxygen atoms in total. The van der Waals surface area contributed by atoms with E-state index >= 15 is 0 Å². The van der Waals surface area contributed by atoms with Crippen LogP contribution in [0.2, 0.25) is 0 Å². The van der Waals surface area contributed by atoms with Crippen molar-refractivity contribution in [1.82, 2.24) is 29.9 Å². The third-order valence-corrected chi connectivity index (χ3v) is 4.18. The lowest BCUT2D eigenvalue weighted by molar-refractivity contribution is 0.641. The highest BCUT2D eigenvalue weighted by Gasteiger charge is 2.21. The second kappa shape index (κ2) is 5.79. The Kier molecular flexibility index (Phi) is 3.49. The molecule has 3 aromatic heterocycles. The maximum atomic E-state index is 4.43. The Labute approximate surface area is 133 Å². The van der Waals surface area contributed by atoms with E-state index in [9.17, 15) is 0 Å². The van der Waals surface area contributed by atoms with Crippen LogP contribution in [0.15, 0.2) is 25.0 Å². The number of anilines is 2. The summed E-state index contributed by atoms with van der Waals surface area (Å²) < 4.78 is 0. The first-order valence-corrected chi connectivity index (χ1v) is 7.80. The molecule has 8 heteroatoms. The summed E-state index contributed by atoms with van der Waals surface area (Å²) in [6.07, 6.45) is 5.81. The van der Waals surface area contributed by atoms with E-state index in [1.807, 2.05) is 0 Å². The van der Waals surface area contributed by atoms with Gasteiger partial charge in [-0.05, 0) is 6.42 Å². The van der Waals surface area contributed by atoms with E-state index in [-0.39, 0.29) is 0 Å². The van der Waals surface area contributed by atoms with Crippen LogP contribution in [0.1, 0.15) is 12.6 Å². The second-order valence-electron chi connectivity index (χ2n) is 5.49. The number of piperazine rings is 1. The molecule has 0 radical (unpaired) electrons. The van der Waals surface area contributed by atoms with E-state index in [1.165, 1.54) is 0 Å². The molecule has 0 saturated carbocycles. The number of imidazole rings is 1. The summed E-state index contributed by atoms with van der Waals surface area (Å²) in [5.41, 5.74) is 2.68. The minimum atomic E-state index is 0.709. The first-order chi connectivity index (χ1) is 11.3. The lowest BCUT2D eigenvalue weighted by Crippen LogP contribution is -2.47. The topological polar surface area (TPSA) is 86.7 Å². The fourth-order valence-corrected chi connectivity index (χ4v) is 2.89. The highest BCUT2D eigenvalue weighted by Crippen LogP contribution is 2.22. The largest absolute Gasteiger partial charge is 0.353 e. The highest BCUT2D eigenvalue weighted by molar-refractivity contribution is 5.82. The zero-order chi connectivity index (χ0) is 15.6. The van der Waals surface area contributed by atoms with Crippen molar-refractivity contribution in [2.75, 3.05) is 36.0 Å². The molecule has 1 fully saturated rings. The fourth-order valence-electron chi connectivity index (χ4n) is 2.89. The molecule has 0 atom stereocenters. The van der Waals surface area contributed by atoms with Crippen LogP contribution in [-0.2, 0) is 6.42 Å². The molecule has 1 N–H and O–H groups in total. The van der Waals surface area contributed by atoms with Crippen LogP contribution in [0.3, 0.4) is 0 Å². The van der Waals surface area contributed by atoms with Gasteiger partial charge in [0.1, 0.15) is 24.0 Å². The molecule has 4 heterocycles. The summed E-state index contributed by atoms with van der Waals surface area (Å²) in [5, 5.41) is 0. The number of aromatic nitrogens is 6. The van der Waals surface area contributed by atoms with Gasteiger partial charge in [0.05, 0.1) is 6.33 Å². The molecule has 1 aliphatic rings. The van der Waals surface area contributed by atoms with E-state index in [0.29, 0.717) is 5.65 Å². The summed E-state index contributed by atoms with van der Waals surface area (Å²) in [4.78, 5) is 29.2. The van der Waals surface area contributed by atoms with Crippen molar-refractivity contribution in [2.45, 2.75) is 13.3 Å². The molecular formula is C15H18N8. The van der Waals surface area contributed by atoms with Gasteiger partial charge in [-0.3, -0.25) is 0 Å². The number of H-pyrrole nitrogens is 1. The third kappa shape index (κ3) is 2.56. The predicted molar refractivity (Wildman–Crippen MR) is 87.5 cm³/mol. The Bertz CT molecular complexity index is 806. The Morgan fingerprint density at radius 1 is 0.957 bits per heavy atom. The van der Waals surface area contributed by atoms with Gasteiger partial charge in [-0.2, -0.15) is 0 Å². The van der Waals surface area contributed by atoms with E-state index in [0.717, 1.165) is 55.4 Å². The summed E-state index contributed by atoms with van der Waals surface area (Å²) in [5.74, 6) is 1.93. The zero-order valence-electron chi connectivity index (χ0n) is 13.0. The van der Waals surface area contributed by atoms with Gasteiger partial charge < -0.3 is 14.8 Å². The minimum absolute atomic E-state index is 0.709. The smallest absolute Gasteiger partial charge is 0.182 e. The van der Waals surface area contributed by atoms with E-state index in [4.69, 9.17) is 0 Å². The van der Waals surface area contributed by atoms with Crippen molar-refractivity contribution in [1.29, 1.82) is 0 Å². The van der Waals surface area contributed by atoms with Crippen LogP contribution in [0.5, 0.6) is 0 Å². The number of nitrogens with one attached hydrogen (secondary N) is 1. The Balaban J connectivity index is 1.51. The third-order valence-electron chi connectivity index (χ3n) is 4.18. The lowest BCUT2D eigenvalue weighted by Gasteiger charge is -2.36. The van der Waals surface area contributed by atoms with Crippen molar-refractivity contribution >= 4 is 22.8 Å². The Morgan fingerprint density at radius 2 is 1.74 bits per heavy atom. The van der Waals surface area contributed by atoms with Crippen molar-refractivity contribution < 1.29 is 0 Å². The van der Waals surface area contributed by atoms with Crippen molar-refractivity contribution in [3.63, 3.8) is 0 Å². The predicted octanol–water partition coefficient (Wildman–Crippen LogP) is 1.03. The first-order valence-electron chi connectivity index (χ1n) is 7.80. The monoisotopic (exact) mass is 310 g/mol. The number of aromatic amines is 1. The SMILES string of the molecule is CCc1cc(N2CCN(c3ncnc4nc[nH]c34)CC2)ncn1. The summed E-state index contributed by atoms with van der Waals surface area (Å²) in [6, 6.07) is 2.08. The Hall–Kier alpha value is -2.77. The Morgan fingerprint density at radius 3 is 2.57 bits per heavy atom. The molecule has 0 amide bonds. The van der Waals surface area contributed by atoms with Gasteiger partial charge in [-0.15, -0.1) is 0 Å². The molecule has 0 aliphatic carbocycles. The van der Waals surface area contributed by atoms with Gasteiger partial charge in [-0.25, -0.2) is 24.9 Å². The van der Waals surface area contributed by atoms with Crippen molar-refractivity contribution in [3.05, 3.63) is 30.7 Å². The second-order valence-corrected chi connectivity index (χ2v) is 5.49. The molecular weight excluding hydrogens is 292 g/mol. The maximum Gasteiger partial charge on any atom is 0.182 e. The van der Waals surface area contributed by atoms with Crippen LogP contribution in [0.25, 0.3) is 11.2 Å². The van der Waals surface area contributed by atoms with Gasteiger partial charge in [0.25, 0.3) is 0 Å². The average molecular weight is 310 g/mol. The lowest BCUT2D eigenvalue weighted by atomic mass is 10.2. The average Bonchev–Trinajstić information content (AvgIpc) is 3.11. The summed E-state index contributed by atoms with van der Waals surface area (Å²) >= 11 is 0. The molecule has 118 valence electrons.